The zero-order valence-electron chi connectivity index (χ0n) is 10.3. The minimum absolute atomic E-state index is 0.392. The standard InChI is InChI=1S/C14H21NO/c1-11(2)13-9-6-10-14(15-13)16-12-7-4-3-5-8-12/h6,9-12H,3-5,7-8H2,1-2H3. The number of pyridine rings is 1. The van der Waals surface area contributed by atoms with E-state index in [0.717, 1.165) is 11.6 Å². The van der Waals surface area contributed by atoms with Crippen LogP contribution in [-0.2, 0) is 0 Å². The van der Waals surface area contributed by atoms with E-state index in [1.165, 1.54) is 32.1 Å². The highest BCUT2D eigenvalue weighted by Crippen LogP contribution is 2.23. The molecule has 1 heterocycles. The maximum atomic E-state index is 5.94. The van der Waals surface area contributed by atoms with Gasteiger partial charge in [-0.15, -0.1) is 0 Å². The SMILES string of the molecule is CC(C)c1cccc(OC2CCCCC2)n1. The third-order valence-electron chi connectivity index (χ3n) is 3.18. The molecule has 1 fully saturated rings. The molecule has 0 saturated heterocycles. The topological polar surface area (TPSA) is 22.1 Å². The second-order valence-electron chi connectivity index (χ2n) is 4.93. The van der Waals surface area contributed by atoms with Crippen LogP contribution in [-0.4, -0.2) is 11.1 Å². The van der Waals surface area contributed by atoms with Crippen LogP contribution in [0.1, 0.15) is 57.6 Å². The molecule has 0 amide bonds. The van der Waals surface area contributed by atoms with Gasteiger partial charge in [-0.1, -0.05) is 26.3 Å². The molecule has 88 valence electrons. The number of aromatic nitrogens is 1. The summed E-state index contributed by atoms with van der Waals surface area (Å²) >= 11 is 0. The summed E-state index contributed by atoms with van der Waals surface area (Å²) in [6, 6.07) is 6.08. The van der Waals surface area contributed by atoms with Gasteiger partial charge in [-0.05, 0) is 37.7 Å². The molecule has 16 heavy (non-hydrogen) atoms. The van der Waals surface area contributed by atoms with Gasteiger partial charge in [0, 0.05) is 11.8 Å². The van der Waals surface area contributed by atoms with Crippen LogP contribution in [0.5, 0.6) is 5.88 Å². The van der Waals surface area contributed by atoms with Crippen LogP contribution in [0.2, 0.25) is 0 Å². The van der Waals surface area contributed by atoms with Gasteiger partial charge < -0.3 is 4.74 Å². The summed E-state index contributed by atoms with van der Waals surface area (Å²) in [7, 11) is 0. The van der Waals surface area contributed by atoms with Crippen molar-refractivity contribution in [3.05, 3.63) is 23.9 Å². The van der Waals surface area contributed by atoms with E-state index < -0.39 is 0 Å². The Morgan fingerprint density at radius 1 is 1.19 bits per heavy atom. The van der Waals surface area contributed by atoms with E-state index in [0.29, 0.717) is 12.0 Å². The molecule has 0 spiro atoms. The van der Waals surface area contributed by atoms with Gasteiger partial charge in [0.1, 0.15) is 6.10 Å². The highest BCUT2D eigenvalue weighted by Gasteiger charge is 2.15. The molecule has 0 bridgehead atoms. The monoisotopic (exact) mass is 219 g/mol. The van der Waals surface area contributed by atoms with Crippen molar-refractivity contribution < 1.29 is 4.74 Å². The van der Waals surface area contributed by atoms with Crippen molar-refractivity contribution in [3.63, 3.8) is 0 Å². The normalized spacial score (nSPS) is 17.7. The van der Waals surface area contributed by atoms with Crippen molar-refractivity contribution in [2.24, 2.45) is 0 Å². The van der Waals surface area contributed by atoms with Crippen LogP contribution >= 0.6 is 0 Å². The summed E-state index contributed by atoms with van der Waals surface area (Å²) in [6.07, 6.45) is 6.73. The van der Waals surface area contributed by atoms with Gasteiger partial charge in [0.15, 0.2) is 0 Å². The predicted molar refractivity (Wildman–Crippen MR) is 65.8 cm³/mol. The Morgan fingerprint density at radius 3 is 2.62 bits per heavy atom. The predicted octanol–water partition coefficient (Wildman–Crippen LogP) is 3.92. The lowest BCUT2D eigenvalue weighted by atomic mass is 9.98. The van der Waals surface area contributed by atoms with Gasteiger partial charge in [-0.3, -0.25) is 0 Å². The summed E-state index contributed by atoms with van der Waals surface area (Å²) < 4.78 is 5.94. The number of hydrogen-bond acceptors (Lipinski definition) is 2. The Hall–Kier alpha value is -1.05. The van der Waals surface area contributed by atoms with Crippen LogP contribution in [0.4, 0.5) is 0 Å². The van der Waals surface area contributed by atoms with Gasteiger partial charge in [0.2, 0.25) is 5.88 Å². The van der Waals surface area contributed by atoms with E-state index in [2.05, 4.69) is 24.9 Å². The Labute approximate surface area is 98.0 Å². The Balaban J connectivity index is 2.00. The molecule has 2 nitrogen and oxygen atoms in total. The molecular weight excluding hydrogens is 198 g/mol. The first-order valence-electron chi connectivity index (χ1n) is 6.39. The maximum absolute atomic E-state index is 5.94. The van der Waals surface area contributed by atoms with E-state index >= 15 is 0 Å². The maximum Gasteiger partial charge on any atom is 0.213 e. The summed E-state index contributed by atoms with van der Waals surface area (Å²) in [5.74, 6) is 1.27. The largest absolute Gasteiger partial charge is 0.474 e. The molecule has 1 aliphatic rings. The summed E-state index contributed by atoms with van der Waals surface area (Å²) in [5.41, 5.74) is 1.12. The molecule has 1 saturated carbocycles. The molecule has 2 heteroatoms. The third kappa shape index (κ3) is 2.97. The van der Waals surface area contributed by atoms with Crippen LogP contribution in [0.25, 0.3) is 0 Å². The lowest BCUT2D eigenvalue weighted by Gasteiger charge is -2.22. The first kappa shape index (κ1) is 11.4. The second kappa shape index (κ2) is 5.33. The molecule has 1 aromatic heterocycles. The van der Waals surface area contributed by atoms with Crippen LogP contribution < -0.4 is 4.74 Å². The minimum atomic E-state index is 0.392. The van der Waals surface area contributed by atoms with Gasteiger partial charge in [0.25, 0.3) is 0 Å². The van der Waals surface area contributed by atoms with E-state index in [-0.39, 0.29) is 0 Å². The Kier molecular flexibility index (Phi) is 3.81. The van der Waals surface area contributed by atoms with Crippen LogP contribution in [0, 0.1) is 0 Å². The lowest BCUT2D eigenvalue weighted by Crippen LogP contribution is -2.20. The van der Waals surface area contributed by atoms with E-state index in [9.17, 15) is 0 Å². The van der Waals surface area contributed by atoms with Gasteiger partial charge in [-0.2, -0.15) is 0 Å². The highest BCUT2D eigenvalue weighted by molar-refractivity contribution is 5.18. The first-order valence-corrected chi connectivity index (χ1v) is 6.39. The van der Waals surface area contributed by atoms with Crippen molar-refractivity contribution in [3.8, 4) is 5.88 Å². The molecule has 0 aromatic carbocycles. The third-order valence-corrected chi connectivity index (χ3v) is 3.18. The Morgan fingerprint density at radius 2 is 1.94 bits per heavy atom. The summed E-state index contributed by atoms with van der Waals surface area (Å²) in [4.78, 5) is 4.54. The average molecular weight is 219 g/mol. The quantitative estimate of drug-likeness (QED) is 0.768. The fraction of sp³-hybridized carbons (Fsp3) is 0.643. The van der Waals surface area contributed by atoms with E-state index in [1.54, 1.807) is 0 Å². The van der Waals surface area contributed by atoms with Gasteiger partial charge >= 0.3 is 0 Å². The number of ether oxygens (including phenoxy) is 1. The van der Waals surface area contributed by atoms with E-state index in [4.69, 9.17) is 4.74 Å². The number of nitrogens with zero attached hydrogens (tertiary/aromatic N) is 1. The zero-order chi connectivity index (χ0) is 11.4. The molecular formula is C14H21NO. The van der Waals surface area contributed by atoms with Crippen molar-refractivity contribution in [1.29, 1.82) is 0 Å². The zero-order valence-corrected chi connectivity index (χ0v) is 10.3. The highest BCUT2D eigenvalue weighted by atomic mass is 16.5. The molecule has 0 radical (unpaired) electrons. The summed E-state index contributed by atoms with van der Waals surface area (Å²) in [6.45, 7) is 4.32. The first-order chi connectivity index (χ1) is 7.75. The molecule has 0 aliphatic heterocycles. The molecule has 0 atom stereocenters. The van der Waals surface area contributed by atoms with Crippen molar-refractivity contribution in [2.45, 2.75) is 58.0 Å². The van der Waals surface area contributed by atoms with Crippen molar-refractivity contribution in [2.75, 3.05) is 0 Å². The molecule has 0 unspecified atom stereocenters. The van der Waals surface area contributed by atoms with Crippen molar-refractivity contribution in [1.82, 2.24) is 4.98 Å². The van der Waals surface area contributed by atoms with Gasteiger partial charge in [0.05, 0.1) is 0 Å². The molecule has 1 aliphatic carbocycles. The average Bonchev–Trinajstić information content (AvgIpc) is 2.30. The van der Waals surface area contributed by atoms with Gasteiger partial charge in [-0.25, -0.2) is 4.98 Å². The second-order valence-corrected chi connectivity index (χ2v) is 4.93. The fourth-order valence-electron chi connectivity index (χ4n) is 2.17. The molecule has 0 N–H and O–H groups in total. The smallest absolute Gasteiger partial charge is 0.213 e. The van der Waals surface area contributed by atoms with Crippen molar-refractivity contribution >= 4 is 0 Å². The summed E-state index contributed by atoms with van der Waals surface area (Å²) in [5, 5.41) is 0. The van der Waals surface area contributed by atoms with Crippen LogP contribution in [0.3, 0.4) is 0 Å². The Bertz CT molecular complexity index is 329. The molecule has 2 rings (SSSR count). The molecule has 1 aromatic rings. The van der Waals surface area contributed by atoms with Crippen LogP contribution in [0.15, 0.2) is 18.2 Å². The number of hydrogen-bond donors (Lipinski definition) is 0. The fourth-order valence-corrected chi connectivity index (χ4v) is 2.17. The lowest BCUT2D eigenvalue weighted by molar-refractivity contribution is 0.148. The minimum Gasteiger partial charge on any atom is -0.474 e. The number of rotatable bonds is 3. The van der Waals surface area contributed by atoms with E-state index in [1.807, 2.05) is 12.1 Å².